The van der Waals surface area contributed by atoms with Gasteiger partial charge < -0.3 is 14.2 Å². The fourth-order valence-electron chi connectivity index (χ4n) is 8.69. The Balaban J connectivity index is 4.07. The highest BCUT2D eigenvalue weighted by atomic mass is 16.6. The minimum absolute atomic E-state index is 0.0722. The van der Waals surface area contributed by atoms with E-state index in [9.17, 15) is 14.4 Å². The Labute approximate surface area is 416 Å². The molecule has 6 heteroatoms. The van der Waals surface area contributed by atoms with Gasteiger partial charge in [0, 0.05) is 19.3 Å². The lowest BCUT2D eigenvalue weighted by Crippen LogP contribution is -2.30. The van der Waals surface area contributed by atoms with Gasteiger partial charge in [-0.3, -0.25) is 14.4 Å². The van der Waals surface area contributed by atoms with Crippen molar-refractivity contribution in [1.82, 2.24) is 0 Å². The van der Waals surface area contributed by atoms with E-state index in [1.54, 1.807) is 0 Å². The fraction of sp³-hybridized carbons (Fsp3) is 0.852. The molecule has 0 fully saturated rings. The number of rotatable bonds is 54. The van der Waals surface area contributed by atoms with E-state index in [2.05, 4.69) is 57.2 Å². The lowest BCUT2D eigenvalue weighted by atomic mass is 10.0. The van der Waals surface area contributed by atoms with Gasteiger partial charge in [0.25, 0.3) is 0 Å². The van der Waals surface area contributed by atoms with Crippen LogP contribution in [-0.2, 0) is 28.6 Å². The molecule has 0 saturated carbocycles. The predicted molar refractivity (Wildman–Crippen MR) is 289 cm³/mol. The van der Waals surface area contributed by atoms with Crippen LogP contribution in [-0.4, -0.2) is 37.2 Å². The molecule has 0 aliphatic rings. The zero-order valence-corrected chi connectivity index (χ0v) is 44.9. The predicted octanol–water partition coefficient (Wildman–Crippen LogP) is 19.7. The monoisotopic (exact) mass is 941 g/mol. The number of ether oxygens (including phenoxy) is 3. The summed E-state index contributed by atoms with van der Waals surface area (Å²) in [7, 11) is 0. The van der Waals surface area contributed by atoms with E-state index in [1.807, 2.05) is 0 Å². The number of carbonyl (C=O) groups is 3. The second kappa shape index (κ2) is 56.2. The third-order valence-corrected chi connectivity index (χ3v) is 13.1. The van der Waals surface area contributed by atoms with Crippen molar-refractivity contribution in [2.24, 2.45) is 0 Å². The number of hydrogen-bond acceptors (Lipinski definition) is 6. The van der Waals surface area contributed by atoms with Gasteiger partial charge >= 0.3 is 17.9 Å². The highest BCUT2D eigenvalue weighted by Gasteiger charge is 2.19. The molecule has 0 bridgehead atoms. The molecular weight excluding hydrogens is 829 g/mol. The number of allylic oxidation sites excluding steroid dienone is 6. The maximum Gasteiger partial charge on any atom is 0.306 e. The number of carbonyl (C=O) groups excluding carboxylic acids is 3. The van der Waals surface area contributed by atoms with Gasteiger partial charge in [0.1, 0.15) is 13.2 Å². The molecule has 0 aliphatic heterocycles. The molecule has 0 spiro atoms. The standard InChI is InChI=1S/C61H112O6/c1-4-7-10-13-15-17-19-21-23-25-27-29-30-32-33-35-37-39-41-43-45-48-51-54-60(63)66-57-58(56-65-59(62)53-50-47-12-9-6-3)67-61(64)55-52-49-46-44-42-40-38-36-34-31-28-26-24-22-20-18-16-14-11-8-5-2/h19,21,25,27,30,32,58H,4-18,20,22-24,26,28-29,31,33-57H2,1-3H3/b21-19-,27-25-,32-30-. The van der Waals surface area contributed by atoms with Crippen molar-refractivity contribution < 1.29 is 28.6 Å². The van der Waals surface area contributed by atoms with E-state index < -0.39 is 6.10 Å². The first-order chi connectivity index (χ1) is 33.0. The highest BCUT2D eigenvalue weighted by Crippen LogP contribution is 2.17. The van der Waals surface area contributed by atoms with E-state index in [1.165, 1.54) is 193 Å². The molecule has 392 valence electrons. The van der Waals surface area contributed by atoms with Gasteiger partial charge in [0.2, 0.25) is 0 Å². The quantitative estimate of drug-likeness (QED) is 0.0262. The largest absolute Gasteiger partial charge is 0.462 e. The molecule has 67 heavy (non-hydrogen) atoms. The molecule has 0 aromatic carbocycles. The third-order valence-electron chi connectivity index (χ3n) is 13.1. The Morgan fingerprint density at radius 3 is 0.836 bits per heavy atom. The van der Waals surface area contributed by atoms with Crippen LogP contribution in [0.4, 0.5) is 0 Å². The maximum absolute atomic E-state index is 12.8. The number of unbranched alkanes of at least 4 members (excludes halogenated alkanes) is 37. The number of hydrogen-bond donors (Lipinski definition) is 0. The van der Waals surface area contributed by atoms with Crippen LogP contribution in [0.25, 0.3) is 0 Å². The van der Waals surface area contributed by atoms with Crippen molar-refractivity contribution >= 4 is 17.9 Å². The highest BCUT2D eigenvalue weighted by molar-refractivity contribution is 5.71. The van der Waals surface area contributed by atoms with Crippen molar-refractivity contribution in [2.75, 3.05) is 13.2 Å². The van der Waals surface area contributed by atoms with Gasteiger partial charge in [-0.2, -0.15) is 0 Å². The molecular formula is C61H112O6. The van der Waals surface area contributed by atoms with Gasteiger partial charge in [0.05, 0.1) is 0 Å². The average Bonchev–Trinajstić information content (AvgIpc) is 3.33. The van der Waals surface area contributed by atoms with Gasteiger partial charge in [-0.25, -0.2) is 0 Å². The molecule has 1 atom stereocenters. The van der Waals surface area contributed by atoms with Gasteiger partial charge in [-0.1, -0.05) is 276 Å². The SMILES string of the molecule is CCCCCCC/C=C\C/C=C\C/C=C\CCCCCCCCCCC(=O)OCC(COC(=O)CCCCCCC)OC(=O)CCCCCCCCCCCCCCCCCCCCCCC. The van der Waals surface area contributed by atoms with Crippen molar-refractivity contribution in [3.05, 3.63) is 36.5 Å². The van der Waals surface area contributed by atoms with Crippen molar-refractivity contribution in [3.8, 4) is 0 Å². The van der Waals surface area contributed by atoms with Crippen LogP contribution < -0.4 is 0 Å². The minimum atomic E-state index is -0.769. The molecule has 1 unspecified atom stereocenters. The molecule has 6 nitrogen and oxygen atoms in total. The van der Waals surface area contributed by atoms with Crippen LogP contribution in [0.3, 0.4) is 0 Å². The first kappa shape index (κ1) is 64.6. The molecule has 0 rings (SSSR count). The third kappa shape index (κ3) is 54.4. The second-order valence-corrected chi connectivity index (χ2v) is 19.9. The molecule has 0 aliphatic carbocycles. The Bertz CT molecular complexity index is 1130. The molecule has 0 saturated heterocycles. The van der Waals surface area contributed by atoms with Gasteiger partial charge in [-0.05, 0) is 57.8 Å². The van der Waals surface area contributed by atoms with E-state index in [0.29, 0.717) is 19.3 Å². The summed E-state index contributed by atoms with van der Waals surface area (Å²) < 4.78 is 16.7. The van der Waals surface area contributed by atoms with E-state index in [-0.39, 0.29) is 31.1 Å². The van der Waals surface area contributed by atoms with E-state index in [4.69, 9.17) is 14.2 Å². The summed E-state index contributed by atoms with van der Waals surface area (Å²) in [5.41, 5.74) is 0. The summed E-state index contributed by atoms with van der Waals surface area (Å²) in [6, 6.07) is 0. The van der Waals surface area contributed by atoms with Crippen LogP contribution in [0.15, 0.2) is 36.5 Å². The summed E-state index contributed by atoms with van der Waals surface area (Å²) in [6.45, 7) is 6.58. The van der Waals surface area contributed by atoms with Crippen LogP contribution in [0, 0.1) is 0 Å². The smallest absolute Gasteiger partial charge is 0.306 e. The van der Waals surface area contributed by atoms with E-state index >= 15 is 0 Å². The van der Waals surface area contributed by atoms with Crippen molar-refractivity contribution in [2.45, 2.75) is 322 Å². The zero-order valence-electron chi connectivity index (χ0n) is 44.9. The summed E-state index contributed by atoms with van der Waals surface area (Å²) >= 11 is 0. The normalized spacial score (nSPS) is 12.2. The first-order valence-electron chi connectivity index (χ1n) is 29.5. The van der Waals surface area contributed by atoms with Crippen LogP contribution in [0.2, 0.25) is 0 Å². The Hall–Kier alpha value is -2.37. The number of esters is 3. The summed E-state index contributed by atoms with van der Waals surface area (Å²) in [5.74, 6) is -0.876. The second-order valence-electron chi connectivity index (χ2n) is 19.9. The Morgan fingerprint density at radius 1 is 0.299 bits per heavy atom. The summed E-state index contributed by atoms with van der Waals surface area (Å²) in [6.07, 6.45) is 67.6. The lowest BCUT2D eigenvalue weighted by molar-refractivity contribution is -0.167. The molecule has 0 aromatic rings. The first-order valence-corrected chi connectivity index (χ1v) is 29.5. The molecule has 0 N–H and O–H groups in total. The molecule has 0 radical (unpaired) electrons. The summed E-state index contributed by atoms with van der Waals surface area (Å²) in [4.78, 5) is 37.8. The Morgan fingerprint density at radius 2 is 0.537 bits per heavy atom. The lowest BCUT2D eigenvalue weighted by Gasteiger charge is -2.18. The molecule has 0 amide bonds. The Kier molecular flexibility index (Phi) is 54.2. The topological polar surface area (TPSA) is 78.9 Å². The van der Waals surface area contributed by atoms with Gasteiger partial charge in [0.15, 0.2) is 6.10 Å². The van der Waals surface area contributed by atoms with E-state index in [0.717, 1.165) is 83.5 Å². The average molecular weight is 942 g/mol. The fourth-order valence-corrected chi connectivity index (χ4v) is 8.69. The summed E-state index contributed by atoms with van der Waals surface area (Å²) in [5, 5.41) is 0. The minimum Gasteiger partial charge on any atom is -0.462 e. The molecule has 0 aromatic heterocycles. The van der Waals surface area contributed by atoms with Crippen LogP contribution >= 0.6 is 0 Å². The molecule has 0 heterocycles. The van der Waals surface area contributed by atoms with Gasteiger partial charge in [-0.15, -0.1) is 0 Å². The van der Waals surface area contributed by atoms with Crippen LogP contribution in [0.5, 0.6) is 0 Å². The van der Waals surface area contributed by atoms with Crippen molar-refractivity contribution in [3.63, 3.8) is 0 Å². The maximum atomic E-state index is 12.8. The zero-order chi connectivity index (χ0) is 48.6. The van der Waals surface area contributed by atoms with Crippen LogP contribution in [0.1, 0.15) is 316 Å². The van der Waals surface area contributed by atoms with Crippen molar-refractivity contribution in [1.29, 1.82) is 0 Å².